The average Bonchev–Trinajstić information content (AvgIpc) is 3.09. The molecule has 1 aliphatic heterocycles. The fourth-order valence-electron chi connectivity index (χ4n) is 3.79. The molecule has 1 saturated heterocycles. The third-order valence-corrected chi connectivity index (χ3v) is 5.58. The van der Waals surface area contributed by atoms with Gasteiger partial charge in [0.1, 0.15) is 17.3 Å². The van der Waals surface area contributed by atoms with E-state index in [-0.39, 0.29) is 16.9 Å². The number of carbonyl (C=O) groups is 2. The van der Waals surface area contributed by atoms with Crippen molar-refractivity contribution in [2.24, 2.45) is 0 Å². The maximum Gasteiger partial charge on any atom is 0.300 e. The summed E-state index contributed by atoms with van der Waals surface area (Å²) in [7, 11) is 2.96. The molecule has 0 saturated carbocycles. The summed E-state index contributed by atoms with van der Waals surface area (Å²) in [6.45, 7) is 0. The number of Topliss-reactive ketones (excluding diaryl/α,β-unsaturated/α-hetero) is 1. The maximum absolute atomic E-state index is 13.2. The third kappa shape index (κ3) is 3.69. The lowest BCUT2D eigenvalue weighted by atomic mass is 9.95. The Balaban J connectivity index is 1.96. The largest absolute Gasteiger partial charge is 0.507 e. The van der Waals surface area contributed by atoms with Crippen molar-refractivity contribution >= 4 is 34.7 Å². The van der Waals surface area contributed by atoms with Crippen LogP contribution >= 0.6 is 11.6 Å². The van der Waals surface area contributed by atoms with Gasteiger partial charge < -0.3 is 14.6 Å². The lowest BCUT2D eigenvalue weighted by Crippen LogP contribution is -2.29. The molecule has 0 aliphatic carbocycles. The first-order chi connectivity index (χ1) is 15.5. The molecule has 32 heavy (non-hydrogen) atoms. The molecule has 6 nitrogen and oxygen atoms in total. The summed E-state index contributed by atoms with van der Waals surface area (Å²) in [6, 6.07) is 19.6. The van der Waals surface area contributed by atoms with E-state index in [9.17, 15) is 14.7 Å². The minimum atomic E-state index is -0.846. The summed E-state index contributed by atoms with van der Waals surface area (Å²) in [5.74, 6) is -1.02. The van der Waals surface area contributed by atoms with Crippen LogP contribution in [-0.2, 0) is 9.59 Å². The summed E-state index contributed by atoms with van der Waals surface area (Å²) in [4.78, 5) is 27.7. The molecule has 0 aromatic heterocycles. The number of benzene rings is 3. The van der Waals surface area contributed by atoms with E-state index >= 15 is 0 Å². The standard InChI is InChI=1S/C25H20ClNO5/c1-31-18-12-13-19(20(14-18)32-2)23(28)21-22(15-8-10-16(26)11-9-15)27(25(30)24(21)29)17-6-4-3-5-7-17/h3-14,22,28H,1-2H3/b23-21-. The van der Waals surface area contributed by atoms with Crippen molar-refractivity contribution in [3.05, 3.63) is 94.5 Å². The number of anilines is 1. The minimum absolute atomic E-state index is 0.0374. The van der Waals surface area contributed by atoms with Crippen molar-refractivity contribution in [3.63, 3.8) is 0 Å². The molecule has 1 unspecified atom stereocenters. The monoisotopic (exact) mass is 449 g/mol. The number of methoxy groups -OCH3 is 2. The van der Waals surface area contributed by atoms with Crippen LogP contribution in [0.2, 0.25) is 5.02 Å². The van der Waals surface area contributed by atoms with E-state index in [0.717, 1.165) is 0 Å². The molecule has 1 N–H and O–H groups in total. The second kappa shape index (κ2) is 8.77. The summed E-state index contributed by atoms with van der Waals surface area (Å²) in [5, 5.41) is 11.8. The van der Waals surface area contributed by atoms with Crippen LogP contribution in [-0.4, -0.2) is 31.0 Å². The van der Waals surface area contributed by atoms with Crippen LogP contribution in [0.4, 0.5) is 5.69 Å². The van der Waals surface area contributed by atoms with Gasteiger partial charge in [0.05, 0.1) is 31.4 Å². The van der Waals surface area contributed by atoms with E-state index in [0.29, 0.717) is 27.8 Å². The smallest absolute Gasteiger partial charge is 0.300 e. The maximum atomic E-state index is 13.2. The van der Waals surface area contributed by atoms with Crippen molar-refractivity contribution in [2.45, 2.75) is 6.04 Å². The Bertz CT molecular complexity index is 1200. The lowest BCUT2D eigenvalue weighted by molar-refractivity contribution is -0.132. The predicted octanol–water partition coefficient (Wildman–Crippen LogP) is 4.98. The number of ketones is 1. The molecule has 0 bridgehead atoms. The van der Waals surface area contributed by atoms with Crippen LogP contribution in [0, 0.1) is 0 Å². The number of hydrogen-bond acceptors (Lipinski definition) is 5. The zero-order valence-corrected chi connectivity index (χ0v) is 18.2. The molecular weight excluding hydrogens is 430 g/mol. The van der Waals surface area contributed by atoms with E-state index in [1.165, 1.54) is 19.1 Å². The van der Waals surface area contributed by atoms with Crippen molar-refractivity contribution < 1.29 is 24.2 Å². The Hall–Kier alpha value is -3.77. The highest BCUT2D eigenvalue weighted by atomic mass is 35.5. The Labute approximate surface area is 190 Å². The summed E-state index contributed by atoms with van der Waals surface area (Å²) < 4.78 is 10.6. The number of para-hydroxylation sites is 1. The number of aliphatic hydroxyl groups excluding tert-OH is 1. The van der Waals surface area contributed by atoms with Gasteiger partial charge >= 0.3 is 0 Å². The van der Waals surface area contributed by atoms with Crippen molar-refractivity contribution in [3.8, 4) is 11.5 Å². The molecule has 1 fully saturated rings. The second-order valence-corrected chi connectivity index (χ2v) is 7.56. The molecular formula is C25H20ClNO5. The fourth-order valence-corrected chi connectivity index (χ4v) is 3.91. The molecule has 1 aliphatic rings. The number of rotatable bonds is 5. The van der Waals surface area contributed by atoms with E-state index in [2.05, 4.69) is 0 Å². The molecule has 1 amide bonds. The highest BCUT2D eigenvalue weighted by molar-refractivity contribution is 6.51. The Morgan fingerprint density at radius 2 is 1.62 bits per heavy atom. The van der Waals surface area contributed by atoms with Crippen LogP contribution in [0.5, 0.6) is 11.5 Å². The van der Waals surface area contributed by atoms with Gasteiger partial charge in [-0.25, -0.2) is 0 Å². The van der Waals surface area contributed by atoms with E-state index in [1.807, 2.05) is 6.07 Å². The molecule has 3 aromatic rings. The first-order valence-corrected chi connectivity index (χ1v) is 10.2. The van der Waals surface area contributed by atoms with Crippen LogP contribution < -0.4 is 14.4 Å². The third-order valence-electron chi connectivity index (χ3n) is 5.33. The van der Waals surface area contributed by atoms with Crippen LogP contribution in [0.3, 0.4) is 0 Å². The number of ether oxygens (including phenoxy) is 2. The fraction of sp³-hybridized carbons (Fsp3) is 0.120. The zero-order valence-electron chi connectivity index (χ0n) is 17.4. The molecule has 3 aromatic carbocycles. The van der Waals surface area contributed by atoms with Gasteiger partial charge in [-0.2, -0.15) is 0 Å². The number of halogens is 1. The normalized spacial score (nSPS) is 17.5. The van der Waals surface area contributed by atoms with Gasteiger partial charge in [0.2, 0.25) is 0 Å². The van der Waals surface area contributed by atoms with Crippen LogP contribution in [0.1, 0.15) is 17.2 Å². The van der Waals surface area contributed by atoms with Crippen LogP contribution in [0.15, 0.2) is 78.4 Å². The van der Waals surface area contributed by atoms with Crippen molar-refractivity contribution in [2.75, 3.05) is 19.1 Å². The van der Waals surface area contributed by atoms with Gasteiger partial charge in [-0.15, -0.1) is 0 Å². The first-order valence-electron chi connectivity index (χ1n) is 9.80. The van der Waals surface area contributed by atoms with Crippen LogP contribution in [0.25, 0.3) is 5.76 Å². The highest BCUT2D eigenvalue weighted by Gasteiger charge is 2.47. The molecule has 7 heteroatoms. The molecule has 1 atom stereocenters. The second-order valence-electron chi connectivity index (χ2n) is 7.12. The number of nitrogens with zero attached hydrogens (tertiary/aromatic N) is 1. The van der Waals surface area contributed by atoms with E-state index in [4.69, 9.17) is 21.1 Å². The first kappa shape index (κ1) is 21.5. The van der Waals surface area contributed by atoms with Gasteiger partial charge in [0, 0.05) is 16.8 Å². The topological polar surface area (TPSA) is 76.1 Å². The zero-order chi connectivity index (χ0) is 22.8. The van der Waals surface area contributed by atoms with Gasteiger partial charge in [-0.3, -0.25) is 14.5 Å². The Kier molecular flexibility index (Phi) is 5.88. The molecule has 162 valence electrons. The SMILES string of the molecule is COc1ccc(/C(O)=C2/C(=O)C(=O)N(c3ccccc3)C2c2ccc(Cl)cc2)c(OC)c1. The number of amides is 1. The van der Waals surface area contributed by atoms with Gasteiger partial charge in [-0.1, -0.05) is 41.9 Å². The Morgan fingerprint density at radius 1 is 0.938 bits per heavy atom. The average molecular weight is 450 g/mol. The molecule has 4 rings (SSSR count). The van der Waals surface area contributed by atoms with Crippen molar-refractivity contribution in [1.82, 2.24) is 0 Å². The quantitative estimate of drug-likeness (QED) is 0.337. The molecule has 1 heterocycles. The lowest BCUT2D eigenvalue weighted by Gasteiger charge is -2.25. The predicted molar refractivity (Wildman–Crippen MR) is 122 cm³/mol. The summed E-state index contributed by atoms with van der Waals surface area (Å²) in [6.07, 6.45) is 0. The number of aliphatic hydroxyl groups is 1. The molecule has 0 radical (unpaired) electrons. The van der Waals surface area contributed by atoms with Gasteiger partial charge in [0.25, 0.3) is 11.7 Å². The minimum Gasteiger partial charge on any atom is -0.507 e. The Morgan fingerprint density at radius 3 is 2.25 bits per heavy atom. The highest BCUT2D eigenvalue weighted by Crippen LogP contribution is 2.43. The van der Waals surface area contributed by atoms with E-state index < -0.39 is 17.7 Å². The number of hydrogen-bond donors (Lipinski definition) is 1. The van der Waals surface area contributed by atoms with Crippen molar-refractivity contribution in [1.29, 1.82) is 0 Å². The van der Waals surface area contributed by atoms with Gasteiger partial charge in [-0.05, 0) is 42.0 Å². The van der Waals surface area contributed by atoms with E-state index in [1.54, 1.807) is 66.7 Å². The molecule has 0 spiro atoms. The summed E-state index contributed by atoms with van der Waals surface area (Å²) >= 11 is 6.05. The van der Waals surface area contributed by atoms with Gasteiger partial charge in [0.15, 0.2) is 0 Å². The summed E-state index contributed by atoms with van der Waals surface area (Å²) in [5.41, 5.74) is 1.41. The number of carbonyl (C=O) groups excluding carboxylic acids is 2.